The molecule has 5 heteroatoms. The van der Waals surface area contributed by atoms with Crippen LogP contribution >= 0.6 is 0 Å². The van der Waals surface area contributed by atoms with Gasteiger partial charge in [0, 0.05) is 12.7 Å². The van der Waals surface area contributed by atoms with Gasteiger partial charge in [0.1, 0.15) is 24.2 Å². The Kier molecular flexibility index (Phi) is 3.73. The number of ether oxygens (including phenoxy) is 3. The molecule has 5 nitrogen and oxygen atoms in total. The lowest BCUT2D eigenvalue weighted by molar-refractivity contribution is 0.0600. The van der Waals surface area contributed by atoms with E-state index in [1.807, 2.05) is 6.07 Å². The first-order valence-electron chi connectivity index (χ1n) is 6.83. The first-order valence-corrected chi connectivity index (χ1v) is 6.83. The Balaban J connectivity index is 2.11. The average molecular weight is 300 g/mol. The van der Waals surface area contributed by atoms with Gasteiger partial charge in [0.15, 0.2) is 0 Å². The molecule has 0 aliphatic carbocycles. The molecular weight excluding hydrogens is 284 g/mol. The van der Waals surface area contributed by atoms with Crippen LogP contribution < -0.4 is 4.74 Å². The van der Waals surface area contributed by atoms with Crippen molar-refractivity contribution >= 4 is 5.97 Å². The second kappa shape index (κ2) is 5.69. The molecule has 22 heavy (non-hydrogen) atoms. The van der Waals surface area contributed by atoms with Crippen molar-refractivity contribution in [3.63, 3.8) is 0 Å². The number of phenolic OH excluding ortho intramolecular Hbond substituents is 1. The third kappa shape index (κ3) is 2.40. The second-order valence-electron chi connectivity index (χ2n) is 5.03. The predicted molar refractivity (Wildman–Crippen MR) is 79.1 cm³/mol. The quantitative estimate of drug-likeness (QED) is 0.864. The lowest BCUT2D eigenvalue weighted by atomic mass is 9.95. The van der Waals surface area contributed by atoms with Gasteiger partial charge in [-0.15, -0.1) is 0 Å². The Hall–Kier alpha value is -2.53. The molecule has 1 aliphatic rings. The molecule has 1 aliphatic heterocycles. The standard InChI is InChI=1S/C17H16O5/c1-20-16-13-5-3-10(17(19)21-2)7-11(13)9-22-15-6-4-12(18)8-14(15)16/h3-8,16,18H,9H2,1-2H3. The van der Waals surface area contributed by atoms with Crippen LogP contribution in [0.2, 0.25) is 0 Å². The summed E-state index contributed by atoms with van der Waals surface area (Å²) in [6.45, 7) is 0.317. The van der Waals surface area contributed by atoms with Gasteiger partial charge in [-0.1, -0.05) is 6.07 Å². The first-order chi connectivity index (χ1) is 10.6. The molecule has 1 N–H and O–H groups in total. The molecule has 0 fully saturated rings. The monoisotopic (exact) mass is 300 g/mol. The summed E-state index contributed by atoms with van der Waals surface area (Å²) in [6.07, 6.45) is -0.369. The molecule has 0 aromatic heterocycles. The van der Waals surface area contributed by atoms with E-state index < -0.39 is 5.97 Å². The molecule has 0 bridgehead atoms. The van der Waals surface area contributed by atoms with Gasteiger partial charge in [-0.05, 0) is 41.5 Å². The first kappa shape index (κ1) is 14.4. The molecule has 0 saturated carbocycles. The fourth-order valence-corrected chi connectivity index (χ4v) is 2.68. The van der Waals surface area contributed by atoms with E-state index in [0.717, 1.165) is 16.7 Å². The zero-order chi connectivity index (χ0) is 15.7. The number of esters is 1. The fraction of sp³-hybridized carbons (Fsp3) is 0.235. The smallest absolute Gasteiger partial charge is 0.337 e. The van der Waals surface area contributed by atoms with Crippen molar-refractivity contribution in [3.05, 3.63) is 58.7 Å². The summed E-state index contributed by atoms with van der Waals surface area (Å²) in [4.78, 5) is 11.7. The van der Waals surface area contributed by atoms with E-state index in [9.17, 15) is 9.90 Å². The van der Waals surface area contributed by atoms with E-state index in [1.165, 1.54) is 7.11 Å². The highest BCUT2D eigenvalue weighted by Crippen LogP contribution is 2.39. The largest absolute Gasteiger partial charge is 0.508 e. The van der Waals surface area contributed by atoms with Gasteiger partial charge < -0.3 is 19.3 Å². The van der Waals surface area contributed by atoms with Gasteiger partial charge in [0.05, 0.1) is 12.7 Å². The Labute approximate surface area is 128 Å². The Morgan fingerprint density at radius 2 is 2.00 bits per heavy atom. The summed E-state index contributed by atoms with van der Waals surface area (Å²) in [6, 6.07) is 10.2. The van der Waals surface area contributed by atoms with Crippen molar-refractivity contribution in [3.8, 4) is 11.5 Å². The van der Waals surface area contributed by atoms with Gasteiger partial charge in [0.2, 0.25) is 0 Å². The molecule has 2 aromatic carbocycles. The number of methoxy groups -OCH3 is 2. The number of carbonyl (C=O) groups is 1. The van der Waals surface area contributed by atoms with Crippen molar-refractivity contribution in [1.29, 1.82) is 0 Å². The number of benzene rings is 2. The van der Waals surface area contributed by atoms with Crippen LogP contribution in [0.1, 0.15) is 33.2 Å². The van der Waals surface area contributed by atoms with Crippen LogP contribution in [-0.4, -0.2) is 25.3 Å². The maximum atomic E-state index is 11.7. The van der Waals surface area contributed by atoms with Crippen LogP contribution in [0.4, 0.5) is 0 Å². The average Bonchev–Trinajstić information content (AvgIpc) is 2.69. The maximum Gasteiger partial charge on any atom is 0.337 e. The predicted octanol–water partition coefficient (Wildman–Crippen LogP) is 2.81. The maximum absolute atomic E-state index is 11.7. The lowest BCUT2D eigenvalue weighted by Crippen LogP contribution is -2.08. The topological polar surface area (TPSA) is 65.0 Å². The Morgan fingerprint density at radius 3 is 2.73 bits per heavy atom. The summed E-state index contributed by atoms with van der Waals surface area (Å²) in [7, 11) is 2.95. The number of hydrogen-bond acceptors (Lipinski definition) is 5. The summed E-state index contributed by atoms with van der Waals surface area (Å²) >= 11 is 0. The summed E-state index contributed by atoms with van der Waals surface area (Å²) in [5.41, 5.74) is 2.98. The van der Waals surface area contributed by atoms with Gasteiger partial charge >= 0.3 is 5.97 Å². The number of carbonyl (C=O) groups excluding carboxylic acids is 1. The van der Waals surface area contributed by atoms with Crippen LogP contribution in [0, 0.1) is 0 Å². The van der Waals surface area contributed by atoms with Gasteiger partial charge in [0.25, 0.3) is 0 Å². The molecule has 2 aromatic rings. The van der Waals surface area contributed by atoms with E-state index in [2.05, 4.69) is 0 Å². The summed E-state index contributed by atoms with van der Waals surface area (Å²) < 4.78 is 16.1. The minimum absolute atomic E-state index is 0.152. The van der Waals surface area contributed by atoms with Gasteiger partial charge in [-0.3, -0.25) is 0 Å². The highest BCUT2D eigenvalue weighted by atomic mass is 16.5. The van der Waals surface area contributed by atoms with Crippen molar-refractivity contribution in [2.75, 3.05) is 14.2 Å². The number of fused-ring (bicyclic) bond motifs is 2. The zero-order valence-corrected chi connectivity index (χ0v) is 12.3. The second-order valence-corrected chi connectivity index (χ2v) is 5.03. The van der Waals surface area contributed by atoms with E-state index >= 15 is 0 Å². The molecule has 3 rings (SSSR count). The van der Waals surface area contributed by atoms with Gasteiger partial charge in [-0.2, -0.15) is 0 Å². The fourth-order valence-electron chi connectivity index (χ4n) is 2.68. The van der Waals surface area contributed by atoms with E-state index in [1.54, 1.807) is 37.4 Å². The van der Waals surface area contributed by atoms with Crippen LogP contribution in [0.25, 0.3) is 0 Å². The molecule has 1 unspecified atom stereocenters. The van der Waals surface area contributed by atoms with E-state index in [-0.39, 0.29) is 11.9 Å². The molecule has 0 radical (unpaired) electrons. The zero-order valence-electron chi connectivity index (χ0n) is 12.3. The number of aromatic hydroxyl groups is 1. The number of rotatable bonds is 2. The third-order valence-corrected chi connectivity index (χ3v) is 3.74. The highest BCUT2D eigenvalue weighted by Gasteiger charge is 2.26. The van der Waals surface area contributed by atoms with Crippen LogP contribution in [-0.2, 0) is 16.1 Å². The Bertz CT molecular complexity index is 723. The summed E-state index contributed by atoms with van der Waals surface area (Å²) in [5.74, 6) is 0.413. The molecule has 1 atom stereocenters. The highest BCUT2D eigenvalue weighted by molar-refractivity contribution is 5.89. The van der Waals surface area contributed by atoms with Crippen LogP contribution in [0.5, 0.6) is 11.5 Å². The lowest BCUT2D eigenvalue weighted by Gasteiger charge is -2.17. The number of phenols is 1. The molecule has 114 valence electrons. The minimum Gasteiger partial charge on any atom is -0.508 e. The summed E-state index contributed by atoms with van der Waals surface area (Å²) in [5, 5.41) is 9.72. The van der Waals surface area contributed by atoms with Crippen LogP contribution in [0.3, 0.4) is 0 Å². The Morgan fingerprint density at radius 1 is 1.18 bits per heavy atom. The van der Waals surface area contributed by atoms with Crippen molar-refractivity contribution in [1.82, 2.24) is 0 Å². The molecular formula is C17H16O5. The normalized spacial score (nSPS) is 16.0. The molecule has 0 saturated heterocycles. The van der Waals surface area contributed by atoms with E-state index in [4.69, 9.17) is 14.2 Å². The van der Waals surface area contributed by atoms with Crippen LogP contribution in [0.15, 0.2) is 36.4 Å². The van der Waals surface area contributed by atoms with Crippen molar-refractivity contribution in [2.24, 2.45) is 0 Å². The van der Waals surface area contributed by atoms with Crippen molar-refractivity contribution in [2.45, 2.75) is 12.7 Å². The SMILES string of the molecule is COC(=O)c1ccc2c(c1)COc1ccc(O)cc1C2OC. The molecule has 0 spiro atoms. The van der Waals surface area contributed by atoms with Crippen molar-refractivity contribution < 1.29 is 24.1 Å². The van der Waals surface area contributed by atoms with Gasteiger partial charge in [-0.25, -0.2) is 4.79 Å². The molecule has 1 heterocycles. The third-order valence-electron chi connectivity index (χ3n) is 3.74. The van der Waals surface area contributed by atoms with E-state index in [0.29, 0.717) is 17.9 Å². The minimum atomic E-state index is -0.392. The number of hydrogen-bond donors (Lipinski definition) is 1. The molecule has 0 amide bonds.